The van der Waals surface area contributed by atoms with Gasteiger partial charge in [0.15, 0.2) is 35.5 Å². The number of amides is 1. The van der Waals surface area contributed by atoms with Gasteiger partial charge in [-0.2, -0.15) is 0 Å². The summed E-state index contributed by atoms with van der Waals surface area (Å²) in [5.41, 5.74) is 1.88. The van der Waals surface area contributed by atoms with Gasteiger partial charge in [0.05, 0.1) is 25.4 Å². The highest BCUT2D eigenvalue weighted by molar-refractivity contribution is 5.91. The number of fused-ring (bicyclic) bond motifs is 2. The summed E-state index contributed by atoms with van der Waals surface area (Å²) >= 11 is 0. The first-order valence-electron chi connectivity index (χ1n) is 9.19. The number of quaternary nitrogens is 1. The van der Waals surface area contributed by atoms with Gasteiger partial charge in [-0.05, 0) is 29.8 Å². The number of halogens is 3. The molecular formula is C20H20F3N2O3+. The molecule has 4 rings (SSSR count). The second kappa shape index (κ2) is 7.71. The van der Waals surface area contributed by atoms with Crippen molar-refractivity contribution < 1.29 is 32.3 Å². The van der Waals surface area contributed by atoms with Crippen LogP contribution in [0.1, 0.15) is 17.5 Å². The van der Waals surface area contributed by atoms with Gasteiger partial charge in [-0.25, -0.2) is 13.2 Å². The van der Waals surface area contributed by atoms with Gasteiger partial charge < -0.3 is 19.7 Å². The van der Waals surface area contributed by atoms with Crippen molar-refractivity contribution in [3.05, 3.63) is 52.8 Å². The number of carbonyl (C=O) groups excluding carboxylic acids is 1. The van der Waals surface area contributed by atoms with Crippen molar-refractivity contribution in [3.63, 3.8) is 0 Å². The lowest BCUT2D eigenvalue weighted by molar-refractivity contribution is -0.907. The molecule has 2 aromatic carbocycles. The van der Waals surface area contributed by atoms with Crippen LogP contribution in [0.3, 0.4) is 0 Å². The molecule has 1 atom stereocenters. The summed E-state index contributed by atoms with van der Waals surface area (Å²) in [5.74, 6) is -3.28. The molecule has 2 aromatic rings. The van der Waals surface area contributed by atoms with E-state index in [-0.39, 0.29) is 12.2 Å². The molecule has 1 amide bonds. The number of benzene rings is 2. The fourth-order valence-corrected chi connectivity index (χ4v) is 3.55. The van der Waals surface area contributed by atoms with Crippen LogP contribution in [-0.2, 0) is 17.8 Å². The Balaban J connectivity index is 1.43. The van der Waals surface area contributed by atoms with Crippen LogP contribution in [0.15, 0.2) is 24.3 Å². The van der Waals surface area contributed by atoms with Crippen LogP contribution in [0, 0.1) is 17.5 Å². The van der Waals surface area contributed by atoms with Gasteiger partial charge in [-0.3, -0.25) is 4.79 Å². The van der Waals surface area contributed by atoms with Crippen LogP contribution >= 0.6 is 0 Å². The van der Waals surface area contributed by atoms with Gasteiger partial charge in [0, 0.05) is 18.4 Å². The predicted molar refractivity (Wildman–Crippen MR) is 95.1 cm³/mol. The number of nitrogens with one attached hydrogen (secondary N) is 2. The number of hydrogen-bond acceptors (Lipinski definition) is 3. The van der Waals surface area contributed by atoms with Crippen LogP contribution in [0.25, 0.3) is 0 Å². The summed E-state index contributed by atoms with van der Waals surface area (Å²) in [7, 11) is 0. The number of rotatable bonds is 3. The van der Waals surface area contributed by atoms with Crippen LogP contribution in [0.2, 0.25) is 0 Å². The van der Waals surface area contributed by atoms with Crippen LogP contribution in [0.4, 0.5) is 18.9 Å². The summed E-state index contributed by atoms with van der Waals surface area (Å²) in [6, 6.07) is 5.76. The number of anilines is 1. The zero-order valence-electron chi connectivity index (χ0n) is 15.1. The lowest BCUT2D eigenvalue weighted by Gasteiger charge is -2.26. The zero-order chi connectivity index (χ0) is 19.7. The molecule has 2 heterocycles. The Bertz CT molecular complexity index is 920. The van der Waals surface area contributed by atoms with Crippen molar-refractivity contribution in [2.75, 3.05) is 31.6 Å². The minimum Gasteiger partial charge on any atom is -0.490 e. The van der Waals surface area contributed by atoms with Crippen LogP contribution < -0.4 is 19.7 Å². The fraction of sp³-hybridized carbons (Fsp3) is 0.350. The topological polar surface area (TPSA) is 52.0 Å². The van der Waals surface area contributed by atoms with E-state index in [1.807, 2.05) is 12.1 Å². The Morgan fingerprint density at radius 2 is 1.75 bits per heavy atom. The minimum atomic E-state index is -1.60. The van der Waals surface area contributed by atoms with E-state index in [1.54, 1.807) is 0 Å². The third kappa shape index (κ3) is 3.77. The third-order valence-electron chi connectivity index (χ3n) is 4.98. The molecule has 0 aliphatic carbocycles. The summed E-state index contributed by atoms with van der Waals surface area (Å²) < 4.78 is 51.5. The maximum atomic E-state index is 13.7. The second-order valence-electron chi connectivity index (χ2n) is 6.99. The molecule has 0 aromatic heterocycles. The van der Waals surface area contributed by atoms with E-state index in [0.29, 0.717) is 25.5 Å². The first-order valence-corrected chi connectivity index (χ1v) is 9.19. The highest BCUT2D eigenvalue weighted by atomic mass is 19.2. The quantitative estimate of drug-likeness (QED) is 0.783. The molecule has 2 N–H and O–H groups in total. The monoisotopic (exact) mass is 393 g/mol. The molecule has 0 saturated carbocycles. The van der Waals surface area contributed by atoms with Crippen LogP contribution in [0.5, 0.6) is 11.5 Å². The average molecular weight is 393 g/mol. The number of carbonyl (C=O) groups is 1. The maximum absolute atomic E-state index is 13.7. The van der Waals surface area contributed by atoms with Gasteiger partial charge in [0.25, 0.3) is 5.91 Å². The smallest absolute Gasteiger partial charge is 0.279 e. The normalized spacial score (nSPS) is 18.2. The van der Waals surface area contributed by atoms with Gasteiger partial charge >= 0.3 is 0 Å². The molecule has 8 heteroatoms. The molecule has 2 aliphatic heterocycles. The number of hydrogen-bond donors (Lipinski definition) is 2. The maximum Gasteiger partial charge on any atom is 0.279 e. The molecule has 5 nitrogen and oxygen atoms in total. The van der Waals surface area contributed by atoms with E-state index in [2.05, 4.69) is 5.32 Å². The van der Waals surface area contributed by atoms with Gasteiger partial charge in [-0.15, -0.1) is 0 Å². The summed E-state index contributed by atoms with van der Waals surface area (Å²) in [6.07, 6.45) is 1.60. The van der Waals surface area contributed by atoms with Gasteiger partial charge in [0.1, 0.15) is 6.54 Å². The second-order valence-corrected chi connectivity index (χ2v) is 6.99. The standard InChI is InChI=1S/C20H19F3N2O3/c21-14-2-3-15(20(23)19(14)22)24-18(26)11-25-5-4-12-8-16-17(9-13(12)10-25)28-7-1-6-27-16/h2-3,8-9H,1,4-7,10-11H2,(H,24,26)/p+1. The largest absolute Gasteiger partial charge is 0.490 e. The molecule has 0 spiro atoms. The molecule has 0 bridgehead atoms. The van der Waals surface area contributed by atoms with Gasteiger partial charge in [0.2, 0.25) is 0 Å². The van der Waals surface area contributed by atoms with E-state index in [0.717, 1.165) is 47.7 Å². The molecular weight excluding hydrogens is 373 g/mol. The highest BCUT2D eigenvalue weighted by Crippen LogP contribution is 2.33. The van der Waals surface area contributed by atoms with E-state index < -0.39 is 23.4 Å². The zero-order valence-corrected chi connectivity index (χ0v) is 15.1. The van der Waals surface area contributed by atoms with E-state index >= 15 is 0 Å². The van der Waals surface area contributed by atoms with Crippen molar-refractivity contribution in [2.45, 2.75) is 19.4 Å². The predicted octanol–water partition coefficient (Wildman–Crippen LogP) is 1.84. The summed E-state index contributed by atoms with van der Waals surface area (Å²) in [6.45, 7) is 2.65. The van der Waals surface area contributed by atoms with Crippen molar-refractivity contribution >= 4 is 11.6 Å². The Morgan fingerprint density at radius 1 is 1.04 bits per heavy atom. The average Bonchev–Trinajstić information content (AvgIpc) is 2.91. The Labute approximate surface area is 160 Å². The number of ether oxygens (including phenoxy) is 2. The molecule has 28 heavy (non-hydrogen) atoms. The lowest BCUT2D eigenvalue weighted by atomic mass is 9.99. The summed E-state index contributed by atoms with van der Waals surface area (Å²) in [4.78, 5) is 13.2. The fourth-order valence-electron chi connectivity index (χ4n) is 3.55. The Hall–Kier alpha value is -2.74. The van der Waals surface area contributed by atoms with E-state index in [1.165, 1.54) is 5.56 Å². The lowest BCUT2D eigenvalue weighted by Crippen LogP contribution is -3.12. The van der Waals surface area contributed by atoms with Crippen molar-refractivity contribution in [3.8, 4) is 11.5 Å². The van der Waals surface area contributed by atoms with Crippen molar-refractivity contribution in [1.29, 1.82) is 0 Å². The Morgan fingerprint density at radius 3 is 2.50 bits per heavy atom. The van der Waals surface area contributed by atoms with E-state index in [4.69, 9.17) is 9.47 Å². The molecule has 2 aliphatic rings. The molecule has 0 fully saturated rings. The Kier molecular flexibility index (Phi) is 5.13. The van der Waals surface area contributed by atoms with Crippen molar-refractivity contribution in [1.82, 2.24) is 0 Å². The SMILES string of the molecule is O=C(C[NH+]1CCc2cc3c(cc2C1)OCCCO3)Nc1ccc(F)c(F)c1F. The van der Waals surface area contributed by atoms with Gasteiger partial charge in [-0.1, -0.05) is 0 Å². The summed E-state index contributed by atoms with van der Waals surface area (Å²) in [5, 5.41) is 2.32. The van der Waals surface area contributed by atoms with E-state index in [9.17, 15) is 18.0 Å². The molecule has 0 saturated heterocycles. The minimum absolute atomic E-state index is 0.0896. The molecule has 1 unspecified atom stereocenters. The van der Waals surface area contributed by atoms with Crippen molar-refractivity contribution in [2.24, 2.45) is 0 Å². The highest BCUT2D eigenvalue weighted by Gasteiger charge is 2.25. The van der Waals surface area contributed by atoms with Crippen LogP contribution in [-0.4, -0.2) is 32.2 Å². The molecule has 148 valence electrons. The third-order valence-corrected chi connectivity index (χ3v) is 4.98. The first-order chi connectivity index (χ1) is 13.5. The first kappa shape index (κ1) is 18.6. The molecule has 0 radical (unpaired) electrons.